The fourth-order valence-corrected chi connectivity index (χ4v) is 11.6. The summed E-state index contributed by atoms with van der Waals surface area (Å²) in [5, 5.41) is 10.6. The molecule has 0 aliphatic rings. The molecule has 17 nitrogen and oxygen atoms in total. The van der Waals surface area contributed by atoms with Crippen LogP contribution in [0.15, 0.2) is 0 Å². The highest BCUT2D eigenvalue weighted by Crippen LogP contribution is 2.45. The monoisotopic (exact) mass is 1270 g/mol. The van der Waals surface area contributed by atoms with Crippen molar-refractivity contribution in [2.45, 2.75) is 355 Å². The minimum atomic E-state index is -4.95. The lowest BCUT2D eigenvalue weighted by molar-refractivity contribution is -0.161. The zero-order chi connectivity index (χ0) is 63.6. The summed E-state index contributed by atoms with van der Waals surface area (Å²) in [7, 11) is -9.89. The minimum Gasteiger partial charge on any atom is -0.462 e. The molecular formula is C67H130O17P2. The van der Waals surface area contributed by atoms with Gasteiger partial charge < -0.3 is 33.8 Å². The molecule has 0 saturated carbocycles. The van der Waals surface area contributed by atoms with Crippen molar-refractivity contribution in [3.05, 3.63) is 0 Å². The first kappa shape index (κ1) is 84.1. The SMILES string of the molecule is CCCCCCCCCCCCCCCCCC(=O)O[C@H](COC(=O)CCCCCCCCCCCCC(C)C)COP(=O)(O)OC[C@@H](O)COP(=O)(O)OC[C@@H](COC(=O)CCCCCCCCCCC)OC(=O)CCCCCCCCC(C)C. The molecule has 0 heterocycles. The Labute approximate surface area is 524 Å². The van der Waals surface area contributed by atoms with E-state index in [9.17, 15) is 43.2 Å². The molecular weight excluding hydrogens is 1140 g/mol. The summed E-state index contributed by atoms with van der Waals surface area (Å²) < 4.78 is 68.1. The number of phosphoric ester groups is 2. The number of ether oxygens (including phenoxy) is 4. The van der Waals surface area contributed by atoms with E-state index in [1.165, 1.54) is 154 Å². The number of rotatable bonds is 66. The van der Waals surface area contributed by atoms with Crippen LogP contribution in [0.1, 0.15) is 337 Å². The smallest absolute Gasteiger partial charge is 0.462 e. The standard InChI is InChI=1S/C67H130O17P2/c1-7-9-11-13-15-17-18-19-20-21-22-28-32-39-45-51-66(71)83-62(55-78-65(70)50-44-38-31-27-24-23-26-29-35-41-47-59(3)4)57-81-85(73,74)79-53-61(68)54-80-86(75,76)82-58-63(84-67(72)52-46-40-34-33-36-42-48-60(5)6)56-77-64(69)49-43-37-30-25-16-14-12-10-8-2/h59-63,68H,7-58H2,1-6H3,(H,73,74)(H,75,76)/t61-,62-,63-/m1/s1. The van der Waals surface area contributed by atoms with Gasteiger partial charge in [-0.1, -0.05) is 286 Å². The van der Waals surface area contributed by atoms with E-state index >= 15 is 0 Å². The van der Waals surface area contributed by atoms with Gasteiger partial charge in [0.2, 0.25) is 0 Å². The number of carbonyl (C=O) groups is 4. The van der Waals surface area contributed by atoms with Gasteiger partial charge in [-0.05, 0) is 37.5 Å². The van der Waals surface area contributed by atoms with Crippen LogP contribution in [0, 0.1) is 11.8 Å². The number of aliphatic hydroxyl groups is 1. The molecule has 0 amide bonds. The third kappa shape index (κ3) is 60.9. The maximum absolute atomic E-state index is 13.0. The highest BCUT2D eigenvalue weighted by atomic mass is 31.2. The molecule has 0 bridgehead atoms. The average Bonchev–Trinajstić information content (AvgIpc) is 3.65. The molecule has 19 heteroatoms. The predicted octanol–water partition coefficient (Wildman–Crippen LogP) is 18.8. The molecule has 0 saturated heterocycles. The maximum atomic E-state index is 13.0. The van der Waals surface area contributed by atoms with Gasteiger partial charge in [0.15, 0.2) is 12.2 Å². The van der Waals surface area contributed by atoms with Crippen LogP contribution in [-0.4, -0.2) is 96.7 Å². The minimum absolute atomic E-state index is 0.102. The number of phosphoric acid groups is 2. The summed E-state index contributed by atoms with van der Waals surface area (Å²) in [5.74, 6) is -0.705. The molecule has 510 valence electrons. The lowest BCUT2D eigenvalue weighted by atomic mass is 10.0. The Morgan fingerprint density at radius 1 is 0.314 bits per heavy atom. The van der Waals surface area contributed by atoms with E-state index in [1.54, 1.807) is 0 Å². The van der Waals surface area contributed by atoms with E-state index < -0.39 is 97.5 Å². The van der Waals surface area contributed by atoms with Crippen LogP contribution in [0.2, 0.25) is 0 Å². The average molecular weight is 1270 g/mol. The second-order valence-corrected chi connectivity index (χ2v) is 28.1. The highest BCUT2D eigenvalue weighted by molar-refractivity contribution is 7.47. The summed E-state index contributed by atoms with van der Waals surface area (Å²) in [6.45, 7) is 9.41. The molecule has 0 aromatic carbocycles. The van der Waals surface area contributed by atoms with Crippen LogP contribution in [0.4, 0.5) is 0 Å². The first-order chi connectivity index (χ1) is 41.4. The van der Waals surface area contributed by atoms with Gasteiger partial charge in [0.1, 0.15) is 19.3 Å². The van der Waals surface area contributed by atoms with Crippen molar-refractivity contribution in [2.75, 3.05) is 39.6 Å². The van der Waals surface area contributed by atoms with Crippen molar-refractivity contribution >= 4 is 39.5 Å². The Morgan fingerprint density at radius 3 is 0.791 bits per heavy atom. The molecule has 2 unspecified atom stereocenters. The third-order valence-electron chi connectivity index (χ3n) is 15.5. The molecule has 0 aliphatic heterocycles. The Morgan fingerprint density at radius 2 is 0.535 bits per heavy atom. The topological polar surface area (TPSA) is 237 Å². The lowest BCUT2D eigenvalue weighted by Crippen LogP contribution is -2.30. The molecule has 0 fully saturated rings. The van der Waals surface area contributed by atoms with Gasteiger partial charge in [-0.15, -0.1) is 0 Å². The second kappa shape index (κ2) is 59.4. The van der Waals surface area contributed by atoms with Crippen LogP contribution >= 0.6 is 15.6 Å². The number of hydrogen-bond donors (Lipinski definition) is 3. The van der Waals surface area contributed by atoms with Crippen LogP contribution in [0.25, 0.3) is 0 Å². The van der Waals surface area contributed by atoms with Crippen LogP contribution < -0.4 is 0 Å². The summed E-state index contributed by atoms with van der Waals surface area (Å²) in [5.41, 5.74) is 0. The van der Waals surface area contributed by atoms with Crippen LogP contribution in [0.5, 0.6) is 0 Å². The van der Waals surface area contributed by atoms with E-state index in [2.05, 4.69) is 41.5 Å². The molecule has 0 spiro atoms. The van der Waals surface area contributed by atoms with Gasteiger partial charge in [0.25, 0.3) is 0 Å². The van der Waals surface area contributed by atoms with Crippen molar-refractivity contribution in [3.63, 3.8) is 0 Å². The molecule has 0 rings (SSSR count). The fraction of sp³-hybridized carbons (Fsp3) is 0.940. The largest absolute Gasteiger partial charge is 0.472 e. The molecule has 0 radical (unpaired) electrons. The summed E-state index contributed by atoms with van der Waals surface area (Å²) in [6.07, 6.45) is 43.2. The van der Waals surface area contributed by atoms with Gasteiger partial charge in [0, 0.05) is 25.7 Å². The number of aliphatic hydroxyl groups excluding tert-OH is 1. The number of carbonyl (C=O) groups excluding carboxylic acids is 4. The molecule has 86 heavy (non-hydrogen) atoms. The molecule has 3 N–H and O–H groups in total. The third-order valence-corrected chi connectivity index (χ3v) is 17.4. The highest BCUT2D eigenvalue weighted by Gasteiger charge is 2.30. The summed E-state index contributed by atoms with van der Waals surface area (Å²) >= 11 is 0. The van der Waals surface area contributed by atoms with E-state index in [1.807, 2.05) is 0 Å². The number of hydrogen-bond acceptors (Lipinski definition) is 15. The zero-order valence-electron chi connectivity index (χ0n) is 55.6. The van der Waals surface area contributed by atoms with Crippen molar-refractivity contribution in [3.8, 4) is 0 Å². The van der Waals surface area contributed by atoms with Gasteiger partial charge in [0.05, 0.1) is 26.4 Å². The van der Waals surface area contributed by atoms with E-state index in [4.69, 9.17) is 37.0 Å². The van der Waals surface area contributed by atoms with Gasteiger partial charge in [-0.25, -0.2) is 9.13 Å². The van der Waals surface area contributed by atoms with Crippen LogP contribution in [0.3, 0.4) is 0 Å². The quantitative estimate of drug-likeness (QED) is 0.0222. The number of esters is 4. The Hall–Kier alpha value is -1.94. The van der Waals surface area contributed by atoms with Gasteiger partial charge >= 0.3 is 39.5 Å². The molecule has 5 atom stereocenters. The second-order valence-electron chi connectivity index (χ2n) is 25.2. The van der Waals surface area contributed by atoms with Crippen LogP contribution in [-0.2, 0) is 65.4 Å². The van der Waals surface area contributed by atoms with E-state index in [0.29, 0.717) is 31.6 Å². The van der Waals surface area contributed by atoms with Gasteiger partial charge in [-0.2, -0.15) is 0 Å². The zero-order valence-corrected chi connectivity index (χ0v) is 57.4. The summed E-state index contributed by atoms with van der Waals surface area (Å²) in [6, 6.07) is 0. The molecule has 0 aromatic rings. The Bertz CT molecular complexity index is 1680. The first-order valence-electron chi connectivity index (χ1n) is 35.0. The predicted molar refractivity (Wildman–Crippen MR) is 345 cm³/mol. The van der Waals surface area contributed by atoms with Crippen molar-refractivity contribution in [1.82, 2.24) is 0 Å². The fourth-order valence-electron chi connectivity index (χ4n) is 10.1. The molecule has 0 aliphatic carbocycles. The van der Waals surface area contributed by atoms with E-state index in [-0.39, 0.29) is 25.7 Å². The summed E-state index contributed by atoms with van der Waals surface area (Å²) in [4.78, 5) is 72.3. The molecule has 0 aromatic heterocycles. The normalized spacial score (nSPS) is 14.2. The maximum Gasteiger partial charge on any atom is 0.472 e. The lowest BCUT2D eigenvalue weighted by Gasteiger charge is -2.21. The Balaban J connectivity index is 5.22. The van der Waals surface area contributed by atoms with Crippen molar-refractivity contribution in [1.29, 1.82) is 0 Å². The Kier molecular flexibility index (Phi) is 58.0. The van der Waals surface area contributed by atoms with E-state index in [0.717, 1.165) is 95.8 Å². The van der Waals surface area contributed by atoms with Gasteiger partial charge in [-0.3, -0.25) is 37.3 Å². The number of unbranched alkanes of at least 4 members (excludes halogenated alkanes) is 36. The van der Waals surface area contributed by atoms with Crippen molar-refractivity contribution < 1.29 is 80.2 Å². The van der Waals surface area contributed by atoms with Crippen molar-refractivity contribution in [2.24, 2.45) is 11.8 Å². The first-order valence-corrected chi connectivity index (χ1v) is 38.0.